The smallest absolute Gasteiger partial charge is 0.265 e. The molecule has 47 heavy (non-hydrogen) atoms. The van der Waals surface area contributed by atoms with Gasteiger partial charge in [-0.2, -0.15) is 0 Å². The van der Waals surface area contributed by atoms with E-state index >= 15 is 0 Å². The molecule has 1 amide bonds. The standard InChI is InChI=1S/C35H42N4O7S/c1-44-25-23-39-21-19-35(20-22-39,33(40)37-41)47(42,43)30-15-13-29(14-16-30)45-24-5-8-31-36-32(38-46-31)26-9-11-28(12-10-26)34(17-18-34)27-6-3-2-4-7-27/h2-4,6-7,9-16,31,41H,5,8,17-25H2,1H3,(H,36,38)(H,37,40). The molecule has 3 aromatic rings. The summed E-state index contributed by atoms with van der Waals surface area (Å²) in [5.41, 5.74) is 5.38. The number of nitrogens with one attached hydrogen (secondary N) is 2. The number of piperidine rings is 1. The zero-order chi connectivity index (χ0) is 32.9. The third-order valence-electron chi connectivity index (χ3n) is 9.67. The minimum absolute atomic E-state index is 0.00687. The van der Waals surface area contributed by atoms with Crippen molar-refractivity contribution in [1.82, 2.24) is 15.7 Å². The van der Waals surface area contributed by atoms with E-state index in [9.17, 15) is 18.4 Å². The highest BCUT2D eigenvalue weighted by Crippen LogP contribution is 2.53. The third-order valence-corrected chi connectivity index (χ3v) is 12.2. The average molecular weight is 663 g/mol. The first-order valence-corrected chi connectivity index (χ1v) is 17.6. The molecule has 3 aromatic carbocycles. The summed E-state index contributed by atoms with van der Waals surface area (Å²) in [6, 6.07) is 25.3. The zero-order valence-electron chi connectivity index (χ0n) is 26.6. The fourth-order valence-electron chi connectivity index (χ4n) is 6.63. The molecule has 0 radical (unpaired) electrons. The van der Waals surface area contributed by atoms with Crippen molar-refractivity contribution in [3.05, 3.63) is 95.6 Å². The molecule has 2 heterocycles. The number of hydrogen-bond donors (Lipinski definition) is 3. The predicted molar refractivity (Wildman–Crippen MR) is 176 cm³/mol. The Bertz CT molecular complexity index is 1650. The van der Waals surface area contributed by atoms with Gasteiger partial charge in [0, 0.05) is 44.1 Å². The van der Waals surface area contributed by atoms with E-state index in [1.807, 2.05) is 4.90 Å². The molecular weight excluding hydrogens is 620 g/mol. The van der Waals surface area contributed by atoms with E-state index in [0.29, 0.717) is 57.3 Å². The maximum absolute atomic E-state index is 13.7. The van der Waals surface area contributed by atoms with Crippen LogP contribution >= 0.6 is 0 Å². The number of methoxy groups -OCH3 is 1. The third kappa shape index (κ3) is 6.73. The van der Waals surface area contributed by atoms with Gasteiger partial charge in [-0.25, -0.2) is 13.9 Å². The highest BCUT2D eigenvalue weighted by molar-refractivity contribution is 7.93. The van der Waals surface area contributed by atoms with Crippen LogP contribution in [0, 0.1) is 0 Å². The van der Waals surface area contributed by atoms with E-state index in [1.54, 1.807) is 24.7 Å². The summed E-state index contributed by atoms with van der Waals surface area (Å²) in [7, 11) is -2.50. The summed E-state index contributed by atoms with van der Waals surface area (Å²) in [6.07, 6.45) is 3.51. The number of carbonyl (C=O) groups is 1. The van der Waals surface area contributed by atoms with Gasteiger partial charge in [-0.15, -0.1) is 0 Å². The lowest BCUT2D eigenvalue weighted by Crippen LogP contribution is -2.57. The molecule has 1 atom stereocenters. The van der Waals surface area contributed by atoms with Gasteiger partial charge in [0.1, 0.15) is 5.75 Å². The summed E-state index contributed by atoms with van der Waals surface area (Å²) in [4.78, 5) is 20.4. The van der Waals surface area contributed by atoms with Crippen molar-refractivity contribution in [3.63, 3.8) is 0 Å². The number of oxime groups is 1. The van der Waals surface area contributed by atoms with Crippen LogP contribution in [0.25, 0.3) is 0 Å². The Morgan fingerprint density at radius 2 is 1.66 bits per heavy atom. The van der Waals surface area contributed by atoms with E-state index in [2.05, 4.69) is 65.1 Å². The molecule has 0 aromatic heterocycles. The van der Waals surface area contributed by atoms with Crippen LogP contribution < -0.4 is 15.5 Å². The quantitative estimate of drug-likeness (QED) is 0.133. The second-order valence-electron chi connectivity index (χ2n) is 12.4. The van der Waals surface area contributed by atoms with Crippen LogP contribution in [0.4, 0.5) is 0 Å². The number of hydroxylamine groups is 1. The van der Waals surface area contributed by atoms with Crippen LogP contribution in [0.15, 0.2) is 88.9 Å². The normalized spacial score (nSPS) is 20.0. The van der Waals surface area contributed by atoms with Gasteiger partial charge in [0.25, 0.3) is 5.91 Å². The number of amidine groups is 1. The number of hydrogen-bond acceptors (Lipinski definition) is 10. The first-order chi connectivity index (χ1) is 22.8. The van der Waals surface area contributed by atoms with Crippen molar-refractivity contribution in [3.8, 4) is 5.75 Å². The Balaban J connectivity index is 0.975. The van der Waals surface area contributed by atoms with Crippen LogP contribution in [0.3, 0.4) is 0 Å². The number of benzene rings is 3. The fraction of sp³-hybridized carbons (Fsp3) is 0.429. The Labute approximate surface area is 275 Å². The van der Waals surface area contributed by atoms with Gasteiger partial charge in [0.15, 0.2) is 26.6 Å². The van der Waals surface area contributed by atoms with E-state index in [1.165, 1.54) is 23.3 Å². The highest BCUT2D eigenvalue weighted by Gasteiger charge is 2.53. The molecule has 250 valence electrons. The first-order valence-electron chi connectivity index (χ1n) is 16.1. The predicted octanol–water partition coefficient (Wildman–Crippen LogP) is 3.99. The Hall–Kier alpha value is -3.97. The SMILES string of the molecule is COCCN1CCC(C(=O)NO)(S(=O)(=O)c2ccc(OCCCC3NC(c4ccc(C5(c6ccccc6)CC5)cc4)=NO3)cc2)CC1. The highest BCUT2D eigenvalue weighted by atomic mass is 32.2. The van der Waals surface area contributed by atoms with Gasteiger partial charge in [-0.1, -0.05) is 59.8 Å². The van der Waals surface area contributed by atoms with Crippen LogP contribution in [0.5, 0.6) is 5.75 Å². The summed E-state index contributed by atoms with van der Waals surface area (Å²) in [6.45, 7) is 2.33. The van der Waals surface area contributed by atoms with E-state index in [4.69, 9.17) is 14.3 Å². The van der Waals surface area contributed by atoms with Crippen LogP contribution in [-0.4, -0.2) is 81.2 Å². The number of likely N-dealkylation sites (tertiary alicyclic amines) is 1. The summed E-state index contributed by atoms with van der Waals surface area (Å²) >= 11 is 0. The molecule has 0 spiro atoms. The molecule has 3 N–H and O–H groups in total. The molecule has 1 saturated carbocycles. The number of ether oxygens (including phenoxy) is 2. The lowest BCUT2D eigenvalue weighted by atomic mass is 9.87. The lowest BCUT2D eigenvalue weighted by Gasteiger charge is -2.39. The maximum atomic E-state index is 13.7. The first kappa shape index (κ1) is 33.0. The largest absolute Gasteiger partial charge is 0.494 e. The second-order valence-corrected chi connectivity index (χ2v) is 14.7. The van der Waals surface area contributed by atoms with Crippen LogP contribution in [0.1, 0.15) is 55.2 Å². The van der Waals surface area contributed by atoms with Crippen molar-refractivity contribution >= 4 is 21.6 Å². The molecule has 11 nitrogen and oxygen atoms in total. The van der Waals surface area contributed by atoms with Gasteiger partial charge in [0.2, 0.25) is 0 Å². The number of nitrogens with zero attached hydrogens (tertiary/aromatic N) is 2. The van der Waals surface area contributed by atoms with E-state index in [0.717, 1.165) is 18.4 Å². The molecule has 1 unspecified atom stereocenters. The lowest BCUT2D eigenvalue weighted by molar-refractivity contribution is -0.133. The average Bonchev–Trinajstić information content (AvgIpc) is 3.80. The minimum Gasteiger partial charge on any atom is -0.494 e. The molecule has 1 aliphatic carbocycles. The Kier molecular flexibility index (Phi) is 9.83. The maximum Gasteiger partial charge on any atom is 0.265 e. The van der Waals surface area contributed by atoms with Gasteiger partial charge in [0.05, 0.1) is 18.1 Å². The zero-order valence-corrected chi connectivity index (χ0v) is 27.4. The molecule has 1 saturated heterocycles. The monoisotopic (exact) mass is 662 g/mol. The number of carbonyl (C=O) groups excluding carboxylic acids is 1. The molecule has 2 aliphatic heterocycles. The van der Waals surface area contributed by atoms with Crippen LogP contribution in [-0.2, 0) is 29.6 Å². The van der Waals surface area contributed by atoms with E-state index in [-0.39, 0.29) is 29.4 Å². The molecule has 12 heteroatoms. The van der Waals surface area contributed by atoms with Crippen molar-refractivity contribution < 1.29 is 32.7 Å². The molecule has 6 rings (SSSR count). The molecule has 2 fully saturated rings. The summed E-state index contributed by atoms with van der Waals surface area (Å²) in [5, 5.41) is 17.0. The number of rotatable bonds is 14. The second kappa shape index (κ2) is 14.0. The van der Waals surface area contributed by atoms with E-state index < -0.39 is 20.5 Å². The molecular formula is C35H42N4O7S. The van der Waals surface area contributed by atoms with Gasteiger partial charge < -0.3 is 24.5 Å². The van der Waals surface area contributed by atoms with Gasteiger partial charge in [-0.05, 0) is 67.5 Å². The van der Waals surface area contributed by atoms with Crippen LogP contribution in [0.2, 0.25) is 0 Å². The van der Waals surface area contributed by atoms with Crippen molar-refractivity contribution in [1.29, 1.82) is 0 Å². The Morgan fingerprint density at radius 1 is 0.979 bits per heavy atom. The Morgan fingerprint density at radius 3 is 2.30 bits per heavy atom. The minimum atomic E-state index is -4.10. The number of sulfone groups is 1. The number of amides is 1. The fourth-order valence-corrected chi connectivity index (χ4v) is 8.59. The van der Waals surface area contributed by atoms with Gasteiger partial charge in [-0.3, -0.25) is 10.0 Å². The van der Waals surface area contributed by atoms with Crippen molar-refractivity contribution in [2.75, 3.05) is 40.0 Å². The molecule has 0 bridgehead atoms. The summed E-state index contributed by atoms with van der Waals surface area (Å²) < 4.78 is 36.7. The van der Waals surface area contributed by atoms with Gasteiger partial charge >= 0.3 is 0 Å². The molecule has 3 aliphatic rings. The summed E-state index contributed by atoms with van der Waals surface area (Å²) in [5.74, 6) is 0.309. The topological polar surface area (TPSA) is 139 Å². The van der Waals surface area contributed by atoms with Crippen molar-refractivity contribution in [2.24, 2.45) is 5.16 Å². The van der Waals surface area contributed by atoms with Crippen molar-refractivity contribution in [2.45, 2.75) is 59.8 Å².